The van der Waals surface area contributed by atoms with E-state index >= 15 is 0 Å². The number of rotatable bonds is 7. The summed E-state index contributed by atoms with van der Waals surface area (Å²) in [5.41, 5.74) is 0.621. The molecule has 3 rings (SSSR count). The molecule has 2 N–H and O–H groups in total. The van der Waals surface area contributed by atoms with Gasteiger partial charge in [-0.3, -0.25) is 25.0 Å². The first-order chi connectivity index (χ1) is 14.3. The molecule has 0 spiro atoms. The van der Waals surface area contributed by atoms with Gasteiger partial charge in [-0.2, -0.15) is 0 Å². The Morgan fingerprint density at radius 3 is 2.60 bits per heavy atom. The lowest BCUT2D eigenvalue weighted by Crippen LogP contribution is -2.14. The van der Waals surface area contributed by atoms with Gasteiger partial charge in [-0.15, -0.1) is 0 Å². The number of aromatic nitrogens is 1. The van der Waals surface area contributed by atoms with Crippen LogP contribution in [0.5, 0.6) is 11.5 Å². The van der Waals surface area contributed by atoms with Crippen molar-refractivity contribution in [2.75, 3.05) is 24.4 Å². The number of thiazole rings is 1. The molecule has 30 heavy (non-hydrogen) atoms. The van der Waals surface area contributed by atoms with Crippen molar-refractivity contribution in [1.29, 1.82) is 0 Å². The summed E-state index contributed by atoms with van der Waals surface area (Å²) in [4.78, 5) is 39.1. The summed E-state index contributed by atoms with van der Waals surface area (Å²) in [7, 11) is 1.38. The number of nitro groups is 1. The number of carbonyl (C=O) groups is 2. The summed E-state index contributed by atoms with van der Waals surface area (Å²) >= 11 is 1.18. The maximum Gasteiger partial charge on any atom is 0.286 e. The normalized spacial score (nSPS) is 10.5. The Bertz CT molecular complexity index is 1140. The summed E-state index contributed by atoms with van der Waals surface area (Å²) in [6, 6.07) is 7.55. The van der Waals surface area contributed by atoms with Crippen LogP contribution in [0.25, 0.3) is 10.2 Å². The van der Waals surface area contributed by atoms with Crippen molar-refractivity contribution in [2.45, 2.75) is 13.8 Å². The predicted molar refractivity (Wildman–Crippen MR) is 113 cm³/mol. The van der Waals surface area contributed by atoms with Crippen LogP contribution in [0, 0.1) is 10.1 Å². The Morgan fingerprint density at radius 2 is 1.97 bits per heavy atom. The van der Waals surface area contributed by atoms with Gasteiger partial charge in [-0.25, -0.2) is 4.98 Å². The quantitative estimate of drug-likeness (QED) is 0.430. The number of methoxy groups -OCH3 is 1. The third-order valence-electron chi connectivity index (χ3n) is 3.95. The second-order valence-corrected chi connectivity index (χ2v) is 7.08. The highest BCUT2D eigenvalue weighted by Crippen LogP contribution is 2.36. The van der Waals surface area contributed by atoms with Crippen molar-refractivity contribution in [3.05, 3.63) is 46.0 Å². The first-order valence-corrected chi connectivity index (χ1v) is 9.62. The molecule has 0 fully saturated rings. The van der Waals surface area contributed by atoms with Crippen LogP contribution < -0.4 is 20.1 Å². The largest absolute Gasteiger partial charge is 0.493 e. The van der Waals surface area contributed by atoms with Gasteiger partial charge in [0.1, 0.15) is 5.56 Å². The zero-order valence-corrected chi connectivity index (χ0v) is 17.2. The number of benzene rings is 2. The van der Waals surface area contributed by atoms with Crippen molar-refractivity contribution in [3.8, 4) is 11.5 Å². The highest BCUT2D eigenvalue weighted by molar-refractivity contribution is 7.22. The van der Waals surface area contributed by atoms with Crippen LogP contribution in [0.2, 0.25) is 0 Å². The van der Waals surface area contributed by atoms with Crippen LogP contribution in [0.4, 0.5) is 16.5 Å². The van der Waals surface area contributed by atoms with Crippen molar-refractivity contribution in [1.82, 2.24) is 4.98 Å². The molecular weight excluding hydrogens is 412 g/mol. The van der Waals surface area contributed by atoms with E-state index in [-0.39, 0.29) is 34.7 Å². The molecule has 0 aliphatic carbocycles. The minimum Gasteiger partial charge on any atom is -0.493 e. The van der Waals surface area contributed by atoms with Gasteiger partial charge < -0.3 is 14.8 Å². The van der Waals surface area contributed by atoms with E-state index in [1.165, 1.54) is 31.4 Å². The predicted octanol–water partition coefficient (Wildman–Crippen LogP) is 3.82. The highest BCUT2D eigenvalue weighted by atomic mass is 32.1. The third kappa shape index (κ3) is 4.46. The first kappa shape index (κ1) is 21.0. The zero-order chi connectivity index (χ0) is 21.8. The van der Waals surface area contributed by atoms with E-state index in [1.54, 1.807) is 25.1 Å². The number of hydrogen-bond acceptors (Lipinski definition) is 8. The Labute approximate surface area is 175 Å². The van der Waals surface area contributed by atoms with E-state index in [0.29, 0.717) is 11.2 Å². The summed E-state index contributed by atoms with van der Waals surface area (Å²) in [5.74, 6) is -0.529. The zero-order valence-electron chi connectivity index (χ0n) is 16.3. The average molecular weight is 430 g/mol. The number of amides is 2. The van der Waals surface area contributed by atoms with Crippen LogP contribution in [0.1, 0.15) is 24.2 Å². The number of nitrogens with zero attached hydrogens (tertiary/aromatic N) is 2. The van der Waals surface area contributed by atoms with Gasteiger partial charge in [0.25, 0.3) is 11.6 Å². The minimum atomic E-state index is -0.704. The lowest BCUT2D eigenvalue weighted by Gasteiger charge is -2.11. The first-order valence-electron chi connectivity index (χ1n) is 8.81. The molecule has 0 bridgehead atoms. The SMILES string of the molecule is CCOc1cc([N+](=O)[O-])c(C(=O)Nc2nc3ccc(NC(C)=O)cc3s2)cc1OC. The summed E-state index contributed by atoms with van der Waals surface area (Å²) in [6.45, 7) is 3.42. The summed E-state index contributed by atoms with van der Waals surface area (Å²) < 4.78 is 11.3. The Balaban J connectivity index is 1.93. The molecule has 0 saturated carbocycles. The molecule has 0 aliphatic rings. The smallest absolute Gasteiger partial charge is 0.286 e. The molecule has 0 aliphatic heterocycles. The van der Waals surface area contributed by atoms with Crippen LogP contribution in [-0.2, 0) is 4.79 Å². The number of anilines is 2. The molecule has 1 heterocycles. The van der Waals surface area contributed by atoms with Gasteiger partial charge in [0, 0.05) is 18.7 Å². The van der Waals surface area contributed by atoms with Gasteiger partial charge in [-0.05, 0) is 25.1 Å². The summed E-state index contributed by atoms with van der Waals surface area (Å²) in [6.07, 6.45) is 0. The number of ether oxygens (including phenoxy) is 2. The molecule has 11 heteroatoms. The van der Waals surface area contributed by atoms with Crippen LogP contribution in [0.15, 0.2) is 30.3 Å². The lowest BCUT2D eigenvalue weighted by atomic mass is 10.1. The number of nitro benzene ring substituents is 1. The fraction of sp³-hybridized carbons (Fsp3) is 0.211. The number of carbonyl (C=O) groups excluding carboxylic acids is 2. The summed E-state index contributed by atoms with van der Waals surface area (Å²) in [5, 5.41) is 17.0. The fourth-order valence-electron chi connectivity index (χ4n) is 2.73. The van der Waals surface area contributed by atoms with Crippen molar-refractivity contribution in [2.24, 2.45) is 0 Å². The standard InChI is InChI=1S/C19H18N4O6S/c1-4-29-16-9-14(23(26)27)12(8-15(16)28-3)18(25)22-19-21-13-6-5-11(20-10(2)24)7-17(13)30-19/h5-9H,4H2,1-3H3,(H,20,24)(H,21,22,25). The van der Waals surface area contributed by atoms with Crippen molar-refractivity contribution in [3.63, 3.8) is 0 Å². The lowest BCUT2D eigenvalue weighted by molar-refractivity contribution is -0.385. The monoisotopic (exact) mass is 430 g/mol. The van der Waals surface area contributed by atoms with E-state index in [1.807, 2.05) is 0 Å². The number of nitrogens with one attached hydrogen (secondary N) is 2. The second-order valence-electron chi connectivity index (χ2n) is 6.05. The van der Waals surface area contributed by atoms with Gasteiger partial charge in [0.05, 0.1) is 34.9 Å². The number of fused-ring (bicyclic) bond motifs is 1. The van der Waals surface area contributed by atoms with E-state index < -0.39 is 16.5 Å². The van der Waals surface area contributed by atoms with Crippen LogP contribution in [0.3, 0.4) is 0 Å². The van der Waals surface area contributed by atoms with E-state index in [4.69, 9.17) is 9.47 Å². The minimum absolute atomic E-state index is 0.175. The van der Waals surface area contributed by atoms with Crippen LogP contribution >= 0.6 is 11.3 Å². The van der Waals surface area contributed by atoms with E-state index in [2.05, 4.69) is 15.6 Å². The maximum absolute atomic E-state index is 12.8. The third-order valence-corrected chi connectivity index (χ3v) is 4.89. The molecule has 0 radical (unpaired) electrons. The fourth-order valence-corrected chi connectivity index (χ4v) is 3.63. The highest BCUT2D eigenvalue weighted by Gasteiger charge is 2.25. The molecular formula is C19H18N4O6S. The van der Waals surface area contributed by atoms with Crippen molar-refractivity contribution >= 4 is 49.9 Å². The second kappa shape index (κ2) is 8.74. The molecule has 2 amide bonds. The Hall–Kier alpha value is -3.73. The molecule has 0 atom stereocenters. The molecule has 1 aromatic heterocycles. The van der Waals surface area contributed by atoms with Gasteiger partial charge in [0.15, 0.2) is 16.6 Å². The molecule has 0 saturated heterocycles. The maximum atomic E-state index is 12.8. The molecule has 156 valence electrons. The van der Waals surface area contributed by atoms with Crippen LogP contribution in [-0.4, -0.2) is 35.4 Å². The van der Waals surface area contributed by atoms with Gasteiger partial charge >= 0.3 is 0 Å². The van der Waals surface area contributed by atoms with E-state index in [0.717, 1.165) is 10.8 Å². The topological polar surface area (TPSA) is 133 Å². The molecule has 2 aromatic carbocycles. The van der Waals surface area contributed by atoms with Crippen molar-refractivity contribution < 1.29 is 24.0 Å². The van der Waals surface area contributed by atoms with E-state index in [9.17, 15) is 19.7 Å². The molecule has 10 nitrogen and oxygen atoms in total. The number of hydrogen-bond donors (Lipinski definition) is 2. The van der Waals surface area contributed by atoms with Gasteiger partial charge in [-0.1, -0.05) is 11.3 Å². The average Bonchev–Trinajstić information content (AvgIpc) is 3.08. The van der Waals surface area contributed by atoms with Gasteiger partial charge in [0.2, 0.25) is 5.91 Å². The Morgan fingerprint density at radius 1 is 1.20 bits per heavy atom. The molecule has 0 unspecified atom stereocenters. The molecule has 3 aromatic rings. The Kier molecular flexibility index (Phi) is 6.11.